The average Bonchev–Trinajstić information content (AvgIpc) is 2.68. The van der Waals surface area contributed by atoms with Crippen molar-refractivity contribution < 1.29 is 14.3 Å². The summed E-state index contributed by atoms with van der Waals surface area (Å²) >= 11 is 3.44. The molecule has 5 heteroatoms. The van der Waals surface area contributed by atoms with Gasteiger partial charge in [-0.05, 0) is 57.9 Å². The molecule has 3 aromatic carbocycles. The molecule has 0 saturated carbocycles. The summed E-state index contributed by atoms with van der Waals surface area (Å²) in [5.74, 6) is 1.01. The number of fused-ring (bicyclic) bond motifs is 1. The van der Waals surface area contributed by atoms with Crippen molar-refractivity contribution in [3.8, 4) is 11.5 Å². The Morgan fingerprint density at radius 2 is 1.58 bits per heavy atom. The molecule has 0 aliphatic rings. The van der Waals surface area contributed by atoms with E-state index in [1.807, 2.05) is 43.3 Å². The first-order chi connectivity index (χ1) is 12.6. The highest BCUT2D eigenvalue weighted by molar-refractivity contribution is 9.10. The lowest BCUT2D eigenvalue weighted by molar-refractivity contribution is 0.0987. The third kappa shape index (κ3) is 3.40. The summed E-state index contributed by atoms with van der Waals surface area (Å²) in [4.78, 5) is 14.9. The second-order valence-corrected chi connectivity index (χ2v) is 6.57. The Morgan fingerprint density at radius 3 is 2.15 bits per heavy atom. The molecular formula is C21H20BrNO3. The third-order valence-corrected chi connectivity index (χ3v) is 5.08. The van der Waals surface area contributed by atoms with Gasteiger partial charge >= 0.3 is 0 Å². The van der Waals surface area contributed by atoms with Gasteiger partial charge in [-0.15, -0.1) is 0 Å². The zero-order chi connectivity index (χ0) is 18.7. The lowest BCUT2D eigenvalue weighted by Crippen LogP contribution is -2.30. The van der Waals surface area contributed by atoms with Gasteiger partial charge in [0.2, 0.25) is 0 Å². The normalized spacial score (nSPS) is 10.6. The summed E-state index contributed by atoms with van der Waals surface area (Å²) in [6.45, 7) is 2.51. The van der Waals surface area contributed by atoms with Gasteiger partial charge in [-0.1, -0.05) is 30.3 Å². The Morgan fingerprint density at radius 1 is 0.962 bits per heavy atom. The fraction of sp³-hybridized carbons (Fsp3) is 0.190. The number of anilines is 1. The Hall–Kier alpha value is -2.53. The van der Waals surface area contributed by atoms with Crippen molar-refractivity contribution in [1.82, 2.24) is 0 Å². The molecule has 4 nitrogen and oxygen atoms in total. The lowest BCUT2D eigenvalue weighted by atomic mass is 10.1. The van der Waals surface area contributed by atoms with E-state index in [0.29, 0.717) is 28.1 Å². The largest absolute Gasteiger partial charge is 0.495 e. The van der Waals surface area contributed by atoms with E-state index in [-0.39, 0.29) is 5.91 Å². The van der Waals surface area contributed by atoms with Crippen LogP contribution in [0, 0.1) is 0 Å². The minimum atomic E-state index is -0.105. The van der Waals surface area contributed by atoms with Crippen LogP contribution in [0.3, 0.4) is 0 Å². The van der Waals surface area contributed by atoms with Gasteiger partial charge in [0.05, 0.1) is 14.2 Å². The molecule has 0 aliphatic heterocycles. The van der Waals surface area contributed by atoms with Crippen LogP contribution in [-0.4, -0.2) is 26.7 Å². The molecule has 0 saturated heterocycles. The number of methoxy groups -OCH3 is 2. The predicted molar refractivity (Wildman–Crippen MR) is 109 cm³/mol. The topological polar surface area (TPSA) is 38.8 Å². The van der Waals surface area contributed by atoms with Crippen LogP contribution in [0.1, 0.15) is 17.3 Å². The summed E-state index contributed by atoms with van der Waals surface area (Å²) in [5.41, 5.74) is 1.37. The van der Waals surface area contributed by atoms with Gasteiger partial charge in [-0.3, -0.25) is 4.79 Å². The Bertz CT molecular complexity index is 930. The molecule has 0 unspecified atom stereocenters. The molecule has 0 N–H and O–H groups in total. The molecule has 1 amide bonds. The van der Waals surface area contributed by atoms with E-state index in [1.54, 1.807) is 31.3 Å². The van der Waals surface area contributed by atoms with Crippen LogP contribution in [0.15, 0.2) is 59.1 Å². The van der Waals surface area contributed by atoms with Gasteiger partial charge in [-0.2, -0.15) is 0 Å². The van der Waals surface area contributed by atoms with Crippen LogP contribution < -0.4 is 14.4 Å². The van der Waals surface area contributed by atoms with Crippen LogP contribution >= 0.6 is 15.9 Å². The van der Waals surface area contributed by atoms with Crippen LogP contribution in [-0.2, 0) is 0 Å². The first kappa shape index (κ1) is 18.3. The lowest BCUT2D eigenvalue weighted by Gasteiger charge is -2.22. The van der Waals surface area contributed by atoms with Crippen molar-refractivity contribution in [2.75, 3.05) is 25.7 Å². The maximum Gasteiger partial charge on any atom is 0.258 e. The highest BCUT2D eigenvalue weighted by atomic mass is 79.9. The van der Waals surface area contributed by atoms with Gasteiger partial charge < -0.3 is 14.4 Å². The van der Waals surface area contributed by atoms with Crippen LogP contribution in [0.4, 0.5) is 5.69 Å². The van der Waals surface area contributed by atoms with Crippen LogP contribution in [0.25, 0.3) is 10.8 Å². The number of nitrogens with zero attached hydrogens (tertiary/aromatic N) is 1. The number of rotatable bonds is 5. The molecule has 0 heterocycles. The molecular weight excluding hydrogens is 394 g/mol. The number of ether oxygens (including phenoxy) is 2. The Labute approximate surface area is 161 Å². The molecule has 0 aromatic heterocycles. The Balaban J connectivity index is 2.03. The average molecular weight is 414 g/mol. The van der Waals surface area contributed by atoms with E-state index in [9.17, 15) is 4.79 Å². The van der Waals surface area contributed by atoms with E-state index in [0.717, 1.165) is 16.5 Å². The number of benzene rings is 3. The number of carbonyl (C=O) groups excluding carboxylic acids is 1. The zero-order valence-corrected chi connectivity index (χ0v) is 16.5. The van der Waals surface area contributed by atoms with Gasteiger partial charge in [0.15, 0.2) is 0 Å². The molecule has 0 bridgehead atoms. The van der Waals surface area contributed by atoms with Crippen molar-refractivity contribution in [3.63, 3.8) is 0 Å². The highest BCUT2D eigenvalue weighted by Crippen LogP contribution is 2.36. The molecule has 26 heavy (non-hydrogen) atoms. The van der Waals surface area contributed by atoms with E-state index in [2.05, 4.69) is 22.0 Å². The summed E-state index contributed by atoms with van der Waals surface area (Å²) in [7, 11) is 3.13. The second kappa shape index (κ2) is 7.79. The number of halogens is 1. The van der Waals surface area contributed by atoms with Crippen LogP contribution in [0.2, 0.25) is 0 Å². The van der Waals surface area contributed by atoms with Crippen molar-refractivity contribution >= 4 is 38.3 Å². The monoisotopic (exact) mass is 413 g/mol. The summed E-state index contributed by atoms with van der Waals surface area (Å²) in [6, 6.07) is 17.6. The number of hydrogen-bond acceptors (Lipinski definition) is 3. The van der Waals surface area contributed by atoms with E-state index < -0.39 is 0 Å². The Kier molecular flexibility index (Phi) is 5.47. The first-order valence-corrected chi connectivity index (χ1v) is 9.10. The van der Waals surface area contributed by atoms with Crippen molar-refractivity contribution in [3.05, 3.63) is 64.6 Å². The number of hydrogen-bond donors (Lipinski definition) is 0. The first-order valence-electron chi connectivity index (χ1n) is 8.31. The standard InChI is InChI=1S/C21H20BrNO3/c1-4-23(17-10-9-14-7-5-6-8-15(14)11-17)21(24)16-12-18(25-2)20(22)19(13-16)26-3/h5-13H,4H2,1-3H3. The number of carbonyl (C=O) groups is 1. The molecule has 0 radical (unpaired) electrons. The van der Waals surface area contributed by atoms with Crippen molar-refractivity contribution in [2.24, 2.45) is 0 Å². The quantitative estimate of drug-likeness (QED) is 0.570. The second-order valence-electron chi connectivity index (χ2n) is 5.78. The third-order valence-electron chi connectivity index (χ3n) is 4.30. The minimum Gasteiger partial charge on any atom is -0.495 e. The van der Waals surface area contributed by atoms with Crippen molar-refractivity contribution in [2.45, 2.75) is 6.92 Å². The molecule has 3 rings (SSSR count). The zero-order valence-electron chi connectivity index (χ0n) is 15.0. The fourth-order valence-corrected chi connectivity index (χ4v) is 3.49. The molecule has 134 valence electrons. The van der Waals surface area contributed by atoms with Gasteiger partial charge in [0, 0.05) is 17.8 Å². The maximum atomic E-state index is 13.2. The van der Waals surface area contributed by atoms with Gasteiger partial charge in [0.25, 0.3) is 5.91 Å². The van der Waals surface area contributed by atoms with Gasteiger partial charge in [-0.25, -0.2) is 0 Å². The molecule has 3 aromatic rings. The molecule has 0 fully saturated rings. The van der Waals surface area contributed by atoms with E-state index >= 15 is 0 Å². The fourth-order valence-electron chi connectivity index (χ4n) is 2.94. The predicted octanol–water partition coefficient (Wildman–Crippen LogP) is 5.29. The smallest absolute Gasteiger partial charge is 0.258 e. The number of amides is 1. The molecule has 0 aliphatic carbocycles. The molecule has 0 atom stereocenters. The SMILES string of the molecule is CCN(C(=O)c1cc(OC)c(Br)c(OC)c1)c1ccc2ccccc2c1. The summed E-state index contributed by atoms with van der Waals surface area (Å²) in [6.07, 6.45) is 0. The molecule has 0 spiro atoms. The maximum absolute atomic E-state index is 13.2. The van der Waals surface area contributed by atoms with E-state index in [1.165, 1.54) is 0 Å². The highest BCUT2D eigenvalue weighted by Gasteiger charge is 2.20. The minimum absolute atomic E-state index is 0.105. The van der Waals surface area contributed by atoms with Gasteiger partial charge in [0.1, 0.15) is 16.0 Å². The van der Waals surface area contributed by atoms with Crippen LogP contribution in [0.5, 0.6) is 11.5 Å². The summed E-state index contributed by atoms with van der Waals surface area (Å²) in [5, 5.41) is 2.24. The summed E-state index contributed by atoms with van der Waals surface area (Å²) < 4.78 is 11.4. The van der Waals surface area contributed by atoms with Crippen molar-refractivity contribution in [1.29, 1.82) is 0 Å². The van der Waals surface area contributed by atoms with E-state index in [4.69, 9.17) is 9.47 Å².